The van der Waals surface area contributed by atoms with Gasteiger partial charge in [-0.15, -0.1) is 0 Å². The largest absolute Gasteiger partial charge is 0.457 e. The van der Waals surface area contributed by atoms with Crippen molar-refractivity contribution in [2.75, 3.05) is 38.5 Å². The van der Waals surface area contributed by atoms with Crippen molar-refractivity contribution in [3.05, 3.63) is 66.3 Å². The number of benzene rings is 1. The van der Waals surface area contributed by atoms with E-state index in [1.165, 1.54) is 0 Å². The van der Waals surface area contributed by atoms with Crippen LogP contribution in [0.25, 0.3) is 0 Å². The second-order valence-electron chi connectivity index (χ2n) is 15.4. The number of cyclic esters (lactones) is 1. The third kappa shape index (κ3) is 13.0. The Morgan fingerprint density at radius 1 is 1.13 bits per heavy atom. The molecule has 3 heterocycles. The van der Waals surface area contributed by atoms with Crippen molar-refractivity contribution in [3.63, 3.8) is 0 Å². The fourth-order valence-corrected chi connectivity index (χ4v) is 6.95. The highest BCUT2D eigenvalue weighted by molar-refractivity contribution is 5.84. The molecule has 3 N–H and O–H groups in total. The number of rotatable bonds is 11. The lowest BCUT2D eigenvalue weighted by Crippen LogP contribution is -2.50. The first-order chi connectivity index (χ1) is 25.2. The van der Waals surface area contributed by atoms with Gasteiger partial charge in [0.1, 0.15) is 17.8 Å². The fraction of sp³-hybridized carbons (Fsp3) is 0.634. The molecule has 10 unspecified atom stereocenters. The number of amides is 2. The first-order valence-electron chi connectivity index (χ1n) is 19.1. The second kappa shape index (κ2) is 19.6. The van der Waals surface area contributed by atoms with Crippen molar-refractivity contribution in [3.8, 4) is 0 Å². The van der Waals surface area contributed by atoms with Crippen molar-refractivity contribution in [1.29, 1.82) is 0 Å². The summed E-state index contributed by atoms with van der Waals surface area (Å²) in [5, 5.41) is 24.8. The Hall–Kier alpha value is -3.71. The molecule has 2 amide bonds. The molecule has 2 saturated heterocycles. The van der Waals surface area contributed by atoms with Crippen LogP contribution < -0.4 is 5.32 Å². The summed E-state index contributed by atoms with van der Waals surface area (Å²) < 4.78 is 23.6. The highest BCUT2D eigenvalue weighted by Gasteiger charge is 2.46. The summed E-state index contributed by atoms with van der Waals surface area (Å²) in [5.74, 6) is -0.631. The van der Waals surface area contributed by atoms with Gasteiger partial charge in [-0.25, -0.2) is 9.59 Å². The molecule has 0 spiro atoms. The van der Waals surface area contributed by atoms with Gasteiger partial charge in [0.25, 0.3) is 0 Å². The van der Waals surface area contributed by atoms with Crippen LogP contribution in [0, 0.1) is 17.8 Å². The van der Waals surface area contributed by atoms with Gasteiger partial charge in [-0.3, -0.25) is 10.1 Å². The van der Waals surface area contributed by atoms with E-state index in [1.54, 1.807) is 17.9 Å². The topological polar surface area (TPSA) is 150 Å². The van der Waals surface area contributed by atoms with Gasteiger partial charge in [0.15, 0.2) is 6.10 Å². The number of piperazine rings is 1. The first kappa shape index (κ1) is 42.0. The number of aliphatic hydroxyl groups is 2. The quantitative estimate of drug-likeness (QED) is 0.0799. The third-order valence-corrected chi connectivity index (χ3v) is 10.6. The lowest BCUT2D eigenvalue weighted by atomic mass is 9.88. The van der Waals surface area contributed by atoms with E-state index >= 15 is 0 Å². The molecule has 1 aromatic carbocycles. The van der Waals surface area contributed by atoms with Crippen LogP contribution in [0.3, 0.4) is 0 Å². The SMILES string of the molecule is CCC(OC(=O)Nc1ccccc1)C(C)C1OC1CC(C)C=CC=C(C)C1OC(=O)CC(O)CCC(C)(O)C(OC(=O)N2CCN(C)CC2)C=CC1C. The van der Waals surface area contributed by atoms with Crippen LogP contribution in [0.2, 0.25) is 0 Å². The zero-order valence-corrected chi connectivity index (χ0v) is 32.5. The molecule has 2 fully saturated rings. The van der Waals surface area contributed by atoms with Crippen molar-refractivity contribution < 1.29 is 43.5 Å². The Bertz CT molecular complexity index is 1440. The third-order valence-electron chi connectivity index (χ3n) is 10.6. The number of para-hydroxylation sites is 1. The lowest BCUT2D eigenvalue weighted by Gasteiger charge is -2.36. The number of anilines is 1. The summed E-state index contributed by atoms with van der Waals surface area (Å²) in [7, 11) is 2.00. The number of esters is 1. The highest BCUT2D eigenvalue weighted by Crippen LogP contribution is 2.37. The van der Waals surface area contributed by atoms with Crippen LogP contribution in [0.5, 0.6) is 0 Å². The lowest BCUT2D eigenvalue weighted by molar-refractivity contribution is -0.151. The zero-order valence-electron chi connectivity index (χ0n) is 32.5. The number of allylic oxidation sites excluding steroid dienone is 3. The highest BCUT2D eigenvalue weighted by atomic mass is 16.6. The molecule has 12 nitrogen and oxygen atoms in total. The molecular weight excluding hydrogens is 678 g/mol. The second-order valence-corrected chi connectivity index (χ2v) is 15.4. The van der Waals surface area contributed by atoms with Gasteiger partial charge in [-0.05, 0) is 76.3 Å². The van der Waals surface area contributed by atoms with E-state index in [0.717, 1.165) is 25.1 Å². The number of likely N-dealkylation sites (N-methyl/N-ethyl adjacent to an activating group) is 1. The Kier molecular flexibility index (Phi) is 15.5. The van der Waals surface area contributed by atoms with Crippen LogP contribution >= 0.6 is 0 Å². The molecule has 53 heavy (non-hydrogen) atoms. The summed E-state index contributed by atoms with van der Waals surface area (Å²) >= 11 is 0. The molecule has 0 aliphatic carbocycles. The van der Waals surface area contributed by atoms with Gasteiger partial charge in [-0.2, -0.15) is 0 Å². The number of hydrogen-bond acceptors (Lipinski definition) is 10. The summed E-state index contributed by atoms with van der Waals surface area (Å²) in [5.41, 5.74) is 0.0156. The molecule has 0 bridgehead atoms. The maximum Gasteiger partial charge on any atom is 0.411 e. The molecule has 0 aromatic heterocycles. The van der Waals surface area contributed by atoms with Crippen molar-refractivity contribution in [1.82, 2.24) is 9.80 Å². The van der Waals surface area contributed by atoms with Crippen molar-refractivity contribution in [2.24, 2.45) is 17.8 Å². The van der Waals surface area contributed by atoms with Crippen LogP contribution in [-0.4, -0.2) is 114 Å². The van der Waals surface area contributed by atoms with Crippen LogP contribution in [0.1, 0.15) is 73.6 Å². The maximum absolute atomic E-state index is 13.1. The van der Waals surface area contributed by atoms with Crippen LogP contribution in [0.4, 0.5) is 15.3 Å². The van der Waals surface area contributed by atoms with Gasteiger partial charge in [-0.1, -0.05) is 70.2 Å². The molecule has 294 valence electrons. The Balaban J connectivity index is 1.36. The smallest absolute Gasteiger partial charge is 0.411 e. The molecule has 0 radical (unpaired) electrons. The predicted octanol–water partition coefficient (Wildman–Crippen LogP) is 6.10. The maximum atomic E-state index is 13.1. The molecule has 3 aliphatic rings. The summed E-state index contributed by atoms with van der Waals surface area (Å²) in [6.07, 6.45) is 7.15. The predicted molar refractivity (Wildman–Crippen MR) is 203 cm³/mol. The van der Waals surface area contributed by atoms with Gasteiger partial charge >= 0.3 is 18.2 Å². The van der Waals surface area contributed by atoms with Crippen LogP contribution in [-0.2, 0) is 23.7 Å². The Morgan fingerprint density at radius 3 is 2.51 bits per heavy atom. The molecule has 10 atom stereocenters. The molecule has 4 rings (SSSR count). The Morgan fingerprint density at radius 2 is 1.83 bits per heavy atom. The van der Waals surface area contributed by atoms with Crippen molar-refractivity contribution in [2.45, 2.75) is 116 Å². The van der Waals surface area contributed by atoms with Crippen molar-refractivity contribution >= 4 is 23.8 Å². The number of epoxide rings is 1. The molecule has 12 heteroatoms. The summed E-state index contributed by atoms with van der Waals surface area (Å²) in [4.78, 5) is 42.3. The summed E-state index contributed by atoms with van der Waals surface area (Å²) in [6.45, 7) is 14.1. The zero-order chi connectivity index (χ0) is 38.7. The Labute approximate surface area is 315 Å². The number of carbonyl (C=O) groups is 3. The van der Waals surface area contributed by atoms with E-state index < -0.39 is 42.1 Å². The number of nitrogens with zero attached hydrogens (tertiary/aromatic N) is 2. The number of ether oxygens (including phenoxy) is 4. The van der Waals surface area contributed by atoms with E-state index in [4.69, 9.17) is 18.9 Å². The van der Waals surface area contributed by atoms with E-state index in [2.05, 4.69) is 30.1 Å². The van der Waals surface area contributed by atoms with Gasteiger partial charge in [0.2, 0.25) is 0 Å². The molecular formula is C41H61N3O9. The van der Waals surface area contributed by atoms with E-state index in [1.807, 2.05) is 76.4 Å². The standard InChI is InChI=1S/C41H61N3O9/c1-8-33(51-39(47)42-31-15-10-9-11-16-31)30(5)38-34(50-38)25-27(2)13-12-14-28(3)37-29(4)17-18-35(52-40(48)44-23-21-43(7)22-24-44)41(6,49)20-19-32(45)26-36(46)53-37/h9-18,27,29-30,32-35,37-38,45,49H,8,19-26H2,1-7H3,(H,42,47). The average molecular weight is 740 g/mol. The minimum absolute atomic E-state index is 0.00154. The number of aliphatic hydroxyl groups excluding tert-OH is 1. The minimum Gasteiger partial charge on any atom is -0.457 e. The molecule has 1 aromatic rings. The molecule has 3 aliphatic heterocycles. The van der Waals surface area contributed by atoms with Crippen LogP contribution in [0.15, 0.2) is 66.3 Å². The number of nitrogens with one attached hydrogen (secondary N) is 1. The van der Waals surface area contributed by atoms with E-state index in [0.29, 0.717) is 25.2 Å². The fourth-order valence-electron chi connectivity index (χ4n) is 6.95. The minimum atomic E-state index is -1.47. The van der Waals surface area contributed by atoms with E-state index in [9.17, 15) is 24.6 Å². The number of hydrogen-bond donors (Lipinski definition) is 3. The van der Waals surface area contributed by atoms with E-state index in [-0.39, 0.29) is 55.3 Å². The monoisotopic (exact) mass is 739 g/mol. The summed E-state index contributed by atoms with van der Waals surface area (Å²) in [6, 6.07) is 9.21. The molecule has 0 saturated carbocycles. The van der Waals surface area contributed by atoms with Gasteiger partial charge < -0.3 is 39.0 Å². The van der Waals surface area contributed by atoms with Gasteiger partial charge in [0.05, 0.1) is 24.7 Å². The average Bonchev–Trinajstić information content (AvgIpc) is 3.88. The number of carbonyl (C=O) groups excluding carboxylic acids is 3. The normalized spacial score (nSPS) is 30.7. The van der Waals surface area contributed by atoms with Gasteiger partial charge in [0, 0.05) is 43.7 Å². The first-order valence-corrected chi connectivity index (χ1v) is 19.1.